The van der Waals surface area contributed by atoms with E-state index in [1.807, 2.05) is 42.5 Å². The largest absolute Gasteiger partial charge is 0.444 e. The van der Waals surface area contributed by atoms with Crippen molar-refractivity contribution in [2.45, 2.75) is 51.7 Å². The topological polar surface area (TPSA) is 65.6 Å². The van der Waals surface area contributed by atoms with Gasteiger partial charge in [0.05, 0.1) is 12.2 Å². The second-order valence-electron chi connectivity index (χ2n) is 12.2. The van der Waals surface area contributed by atoms with E-state index in [0.29, 0.717) is 26.2 Å². The van der Waals surface area contributed by atoms with E-state index in [-0.39, 0.29) is 25.7 Å². The molecule has 0 radical (unpaired) electrons. The van der Waals surface area contributed by atoms with Crippen molar-refractivity contribution in [2.24, 2.45) is 5.92 Å². The Morgan fingerprint density at radius 2 is 1.61 bits per heavy atom. The summed E-state index contributed by atoms with van der Waals surface area (Å²) in [5, 5.41) is 0. The van der Waals surface area contributed by atoms with Gasteiger partial charge in [-0.2, -0.15) is 0 Å². The first-order valence-corrected chi connectivity index (χ1v) is 14.4. The van der Waals surface area contributed by atoms with Gasteiger partial charge in [-0.15, -0.1) is 0 Å². The number of benzene rings is 2. The van der Waals surface area contributed by atoms with Crippen LogP contribution in [0.25, 0.3) is 0 Å². The summed E-state index contributed by atoms with van der Waals surface area (Å²) >= 11 is 0. The van der Waals surface area contributed by atoms with Gasteiger partial charge >= 0.3 is 12.2 Å². The number of carbonyl (C=O) groups excluding carboxylic acids is 2. The summed E-state index contributed by atoms with van der Waals surface area (Å²) in [6.07, 6.45) is -0.0421. The Morgan fingerprint density at radius 1 is 0.902 bits per heavy atom. The number of fused-ring (bicyclic) bond motifs is 1. The van der Waals surface area contributed by atoms with Crippen LogP contribution in [-0.2, 0) is 22.5 Å². The molecule has 2 fully saturated rings. The number of carbonyl (C=O) groups is 2. The summed E-state index contributed by atoms with van der Waals surface area (Å²) in [6, 6.07) is 15.6. The standard InChI is InChI=1S/C31H40F2N4O4/c1-30(2,3)41-28(38)36-14-12-24(31(32,33)22-36)20-34-16-18-35(19-17-34)26-10-7-11-27-25(26)13-15-37(27)29(39)40-21-23-8-5-4-6-9-23/h4-11,24H,12-22H2,1-3H3/t24-/m1/s1. The summed E-state index contributed by atoms with van der Waals surface area (Å²) in [7, 11) is 0. The average molecular weight is 571 g/mol. The van der Waals surface area contributed by atoms with Crippen molar-refractivity contribution in [1.82, 2.24) is 9.80 Å². The van der Waals surface area contributed by atoms with E-state index in [2.05, 4.69) is 15.9 Å². The quantitative estimate of drug-likeness (QED) is 0.480. The Hall–Kier alpha value is -3.40. The molecule has 3 aliphatic rings. The maximum atomic E-state index is 15.1. The number of alkyl halides is 2. The SMILES string of the molecule is CC(C)(C)OC(=O)N1CC[C@H](CN2CCN(c3cccc4c3CCN4C(=O)OCc3ccccc3)CC2)C(F)(F)C1. The Bertz CT molecular complexity index is 1230. The lowest BCUT2D eigenvalue weighted by Crippen LogP contribution is -2.56. The van der Waals surface area contributed by atoms with Crippen LogP contribution in [-0.4, -0.2) is 85.9 Å². The van der Waals surface area contributed by atoms with E-state index in [9.17, 15) is 9.59 Å². The Balaban J connectivity index is 1.14. The predicted octanol–water partition coefficient (Wildman–Crippen LogP) is 5.40. The van der Waals surface area contributed by atoms with Crippen LogP contribution in [0, 0.1) is 5.92 Å². The van der Waals surface area contributed by atoms with Crippen LogP contribution < -0.4 is 9.80 Å². The second-order valence-corrected chi connectivity index (χ2v) is 12.2. The van der Waals surface area contributed by atoms with Crippen LogP contribution in [0.3, 0.4) is 0 Å². The molecule has 1 atom stereocenters. The summed E-state index contributed by atoms with van der Waals surface area (Å²) in [6.45, 7) is 8.75. The Morgan fingerprint density at radius 3 is 2.29 bits per heavy atom. The van der Waals surface area contributed by atoms with Crippen molar-refractivity contribution in [1.29, 1.82) is 0 Å². The number of hydrogen-bond donors (Lipinski definition) is 0. The molecule has 5 rings (SSSR count). The zero-order chi connectivity index (χ0) is 29.2. The Labute approximate surface area is 240 Å². The molecule has 0 spiro atoms. The first-order chi connectivity index (χ1) is 19.5. The molecule has 41 heavy (non-hydrogen) atoms. The molecule has 0 bridgehead atoms. The zero-order valence-electron chi connectivity index (χ0n) is 24.2. The molecule has 2 amide bonds. The summed E-state index contributed by atoms with van der Waals surface area (Å²) in [5.74, 6) is -3.77. The number of halogens is 2. The summed E-state index contributed by atoms with van der Waals surface area (Å²) in [5.41, 5.74) is 3.32. The lowest BCUT2D eigenvalue weighted by Gasteiger charge is -2.43. The summed E-state index contributed by atoms with van der Waals surface area (Å²) < 4.78 is 41.0. The minimum absolute atomic E-state index is 0.228. The fourth-order valence-corrected chi connectivity index (χ4v) is 5.87. The van der Waals surface area contributed by atoms with Crippen LogP contribution in [0.5, 0.6) is 0 Å². The smallest absolute Gasteiger partial charge is 0.414 e. The first-order valence-electron chi connectivity index (χ1n) is 14.4. The molecule has 222 valence electrons. The normalized spacial score (nSPS) is 21.0. The van der Waals surface area contributed by atoms with Gasteiger partial charge in [-0.1, -0.05) is 36.4 Å². The minimum Gasteiger partial charge on any atom is -0.444 e. The second kappa shape index (κ2) is 11.8. The van der Waals surface area contributed by atoms with Crippen LogP contribution in [0.4, 0.5) is 29.7 Å². The number of piperidine rings is 1. The highest BCUT2D eigenvalue weighted by molar-refractivity contribution is 5.92. The number of rotatable bonds is 5. The Kier molecular flexibility index (Phi) is 8.40. The third-order valence-corrected chi connectivity index (χ3v) is 8.02. The van der Waals surface area contributed by atoms with Gasteiger partial charge in [0, 0.05) is 63.0 Å². The third-order valence-electron chi connectivity index (χ3n) is 8.02. The van der Waals surface area contributed by atoms with Gasteiger partial charge in [0.15, 0.2) is 0 Å². The lowest BCUT2D eigenvalue weighted by atomic mass is 9.92. The molecule has 8 nitrogen and oxygen atoms in total. The molecule has 2 aromatic rings. The van der Waals surface area contributed by atoms with E-state index in [0.717, 1.165) is 46.9 Å². The first kappa shape index (κ1) is 29.1. The van der Waals surface area contributed by atoms with Crippen molar-refractivity contribution < 1.29 is 27.8 Å². The number of ether oxygens (including phenoxy) is 2. The molecule has 2 saturated heterocycles. The number of anilines is 2. The number of nitrogens with zero attached hydrogens (tertiary/aromatic N) is 4. The van der Waals surface area contributed by atoms with Crippen molar-refractivity contribution >= 4 is 23.6 Å². The number of hydrogen-bond acceptors (Lipinski definition) is 6. The van der Waals surface area contributed by atoms with Gasteiger partial charge in [-0.3, -0.25) is 9.80 Å². The third kappa shape index (κ3) is 6.92. The molecule has 0 unspecified atom stereocenters. The maximum Gasteiger partial charge on any atom is 0.414 e. The van der Waals surface area contributed by atoms with Crippen LogP contribution in [0.15, 0.2) is 48.5 Å². The van der Waals surface area contributed by atoms with Gasteiger partial charge in [-0.05, 0) is 51.3 Å². The van der Waals surface area contributed by atoms with Crippen molar-refractivity contribution in [3.05, 3.63) is 59.7 Å². The molecular formula is C31H40F2N4O4. The van der Waals surface area contributed by atoms with Gasteiger partial charge < -0.3 is 19.3 Å². The van der Waals surface area contributed by atoms with Crippen molar-refractivity contribution in [2.75, 3.05) is 62.2 Å². The highest BCUT2D eigenvalue weighted by Crippen LogP contribution is 2.37. The van der Waals surface area contributed by atoms with E-state index >= 15 is 8.78 Å². The maximum absolute atomic E-state index is 15.1. The predicted molar refractivity (Wildman–Crippen MR) is 154 cm³/mol. The van der Waals surface area contributed by atoms with Crippen LogP contribution in [0.2, 0.25) is 0 Å². The number of piperazine rings is 1. The molecule has 2 aromatic carbocycles. The van der Waals surface area contributed by atoms with Crippen LogP contribution >= 0.6 is 0 Å². The molecule has 10 heteroatoms. The van der Waals surface area contributed by atoms with Gasteiger partial charge in [0.25, 0.3) is 5.92 Å². The zero-order valence-corrected chi connectivity index (χ0v) is 24.2. The van der Waals surface area contributed by atoms with Gasteiger partial charge in [-0.25, -0.2) is 18.4 Å². The van der Waals surface area contributed by atoms with Crippen LogP contribution in [0.1, 0.15) is 38.3 Å². The highest BCUT2D eigenvalue weighted by Gasteiger charge is 2.47. The molecule has 0 saturated carbocycles. The minimum atomic E-state index is -2.97. The fraction of sp³-hybridized carbons (Fsp3) is 0.548. The molecule has 3 aliphatic heterocycles. The molecular weight excluding hydrogens is 530 g/mol. The van der Waals surface area contributed by atoms with E-state index < -0.39 is 30.1 Å². The monoisotopic (exact) mass is 570 g/mol. The van der Waals surface area contributed by atoms with E-state index in [4.69, 9.17) is 9.47 Å². The van der Waals surface area contributed by atoms with Crippen molar-refractivity contribution in [3.8, 4) is 0 Å². The lowest BCUT2D eigenvalue weighted by molar-refractivity contribution is -0.117. The number of amides is 2. The average Bonchev–Trinajstić information content (AvgIpc) is 3.37. The molecule has 0 N–H and O–H groups in total. The van der Waals surface area contributed by atoms with Gasteiger partial charge in [0.2, 0.25) is 0 Å². The molecule has 0 aliphatic carbocycles. The van der Waals surface area contributed by atoms with Crippen molar-refractivity contribution in [3.63, 3.8) is 0 Å². The highest BCUT2D eigenvalue weighted by atomic mass is 19.3. The fourth-order valence-electron chi connectivity index (χ4n) is 5.87. The molecule has 0 aromatic heterocycles. The molecule has 3 heterocycles. The summed E-state index contributed by atoms with van der Waals surface area (Å²) in [4.78, 5) is 32.4. The van der Waals surface area contributed by atoms with E-state index in [1.54, 1.807) is 25.7 Å². The van der Waals surface area contributed by atoms with Gasteiger partial charge in [0.1, 0.15) is 12.2 Å². The van der Waals surface area contributed by atoms with E-state index in [1.165, 1.54) is 0 Å². The number of likely N-dealkylation sites (tertiary alicyclic amines) is 1.